The molecule has 0 radical (unpaired) electrons. The molecule has 0 saturated carbocycles. The van der Waals surface area contributed by atoms with E-state index in [4.69, 9.17) is 0 Å². The quantitative estimate of drug-likeness (QED) is 0.677. The summed E-state index contributed by atoms with van der Waals surface area (Å²) in [6.45, 7) is 3.68. The minimum atomic E-state index is -0.444. The summed E-state index contributed by atoms with van der Waals surface area (Å²) >= 11 is 1.58. The molecule has 4 nitrogen and oxygen atoms in total. The predicted octanol–water partition coefficient (Wildman–Crippen LogP) is 3.84. The number of rotatable bonds is 6. The molecule has 0 bridgehead atoms. The van der Waals surface area contributed by atoms with E-state index in [1.807, 2.05) is 52.7 Å². The van der Waals surface area contributed by atoms with E-state index in [9.17, 15) is 9.90 Å². The van der Waals surface area contributed by atoms with Crippen LogP contribution in [0.1, 0.15) is 16.5 Å². The van der Waals surface area contributed by atoms with E-state index >= 15 is 0 Å². The summed E-state index contributed by atoms with van der Waals surface area (Å²) in [7, 11) is 0. The molecule has 1 fully saturated rings. The Labute approximate surface area is 176 Å². The molecule has 2 aromatic carbocycles. The second-order valence-electron chi connectivity index (χ2n) is 7.45. The predicted molar refractivity (Wildman–Crippen MR) is 118 cm³/mol. The molecule has 1 atom stereocenters. The molecule has 0 aliphatic carbocycles. The number of hydrogen-bond donors (Lipinski definition) is 1. The fourth-order valence-electron chi connectivity index (χ4n) is 3.73. The first kappa shape index (κ1) is 19.8. The highest BCUT2D eigenvalue weighted by atomic mass is 32.1. The van der Waals surface area contributed by atoms with Crippen molar-refractivity contribution >= 4 is 17.2 Å². The highest BCUT2D eigenvalue weighted by molar-refractivity contribution is 7.10. The van der Waals surface area contributed by atoms with E-state index < -0.39 is 6.10 Å². The van der Waals surface area contributed by atoms with Gasteiger partial charge in [-0.3, -0.25) is 9.69 Å². The van der Waals surface area contributed by atoms with E-state index in [1.54, 1.807) is 11.3 Å². The van der Waals surface area contributed by atoms with Crippen molar-refractivity contribution in [3.05, 3.63) is 82.6 Å². The molecule has 1 aliphatic rings. The average Bonchev–Trinajstić information content (AvgIpc) is 3.31. The summed E-state index contributed by atoms with van der Waals surface area (Å²) < 4.78 is 0. The van der Waals surface area contributed by atoms with Gasteiger partial charge >= 0.3 is 0 Å². The van der Waals surface area contributed by atoms with Gasteiger partial charge in [0.05, 0.1) is 6.42 Å². The zero-order chi connectivity index (χ0) is 20.1. The number of nitrogens with zero attached hydrogens (tertiary/aromatic N) is 2. The van der Waals surface area contributed by atoms with E-state index in [2.05, 4.69) is 29.2 Å². The first-order valence-corrected chi connectivity index (χ1v) is 10.9. The van der Waals surface area contributed by atoms with Gasteiger partial charge in [-0.05, 0) is 28.1 Å². The Kier molecular flexibility index (Phi) is 6.39. The number of aliphatic hydroxyl groups is 1. The summed E-state index contributed by atoms with van der Waals surface area (Å²) in [5, 5.41) is 12.3. The highest BCUT2D eigenvalue weighted by Crippen LogP contribution is 2.21. The Morgan fingerprint density at radius 3 is 2.24 bits per heavy atom. The van der Waals surface area contributed by atoms with E-state index in [-0.39, 0.29) is 5.91 Å². The van der Waals surface area contributed by atoms with Gasteiger partial charge in [0.15, 0.2) is 0 Å². The maximum atomic E-state index is 12.7. The standard InChI is InChI=1S/C24H26N2O2S/c27-22(23-7-4-16-29-23)18-25-12-14-26(15-13-25)24(28)17-19-8-10-21(11-9-19)20-5-2-1-3-6-20/h1-11,16,22,27H,12-15,17-18H2. The minimum absolute atomic E-state index is 0.177. The summed E-state index contributed by atoms with van der Waals surface area (Å²) in [6, 6.07) is 22.5. The Bertz CT molecular complexity index is 902. The average molecular weight is 407 g/mol. The molecule has 29 heavy (non-hydrogen) atoms. The van der Waals surface area contributed by atoms with Gasteiger partial charge in [0.2, 0.25) is 5.91 Å². The third-order valence-corrected chi connectivity index (χ3v) is 6.42. The first-order chi connectivity index (χ1) is 14.2. The molecule has 1 amide bonds. The van der Waals surface area contributed by atoms with Crippen LogP contribution >= 0.6 is 11.3 Å². The molecule has 1 aliphatic heterocycles. The molecule has 4 rings (SSSR count). The lowest BCUT2D eigenvalue weighted by atomic mass is 10.0. The van der Waals surface area contributed by atoms with Crippen LogP contribution in [0.5, 0.6) is 0 Å². The fraction of sp³-hybridized carbons (Fsp3) is 0.292. The summed E-state index contributed by atoms with van der Waals surface area (Å²) in [5.74, 6) is 0.177. The number of hydrogen-bond acceptors (Lipinski definition) is 4. The smallest absolute Gasteiger partial charge is 0.227 e. The van der Waals surface area contributed by atoms with Gasteiger partial charge < -0.3 is 10.0 Å². The van der Waals surface area contributed by atoms with Gasteiger partial charge in [-0.1, -0.05) is 60.7 Å². The Morgan fingerprint density at radius 1 is 0.897 bits per heavy atom. The summed E-state index contributed by atoms with van der Waals surface area (Å²) in [5.41, 5.74) is 3.40. The SMILES string of the molecule is O=C(Cc1ccc(-c2ccccc2)cc1)N1CCN(CC(O)c2cccs2)CC1. The molecule has 5 heteroatoms. The van der Waals surface area contributed by atoms with Crippen molar-refractivity contribution in [2.45, 2.75) is 12.5 Å². The van der Waals surface area contributed by atoms with Gasteiger partial charge in [0.25, 0.3) is 0 Å². The molecule has 1 N–H and O–H groups in total. The van der Waals surface area contributed by atoms with Crippen molar-refractivity contribution in [2.24, 2.45) is 0 Å². The monoisotopic (exact) mass is 406 g/mol. The van der Waals surface area contributed by atoms with Crippen LogP contribution in [0.15, 0.2) is 72.1 Å². The van der Waals surface area contributed by atoms with Crippen molar-refractivity contribution in [1.82, 2.24) is 9.80 Å². The van der Waals surface area contributed by atoms with Gasteiger partial charge in [-0.15, -0.1) is 11.3 Å². The number of β-amino-alcohol motifs (C(OH)–C–C–N with tert-alkyl or cyclic N) is 1. The van der Waals surface area contributed by atoms with Crippen LogP contribution in [0.4, 0.5) is 0 Å². The second kappa shape index (κ2) is 9.35. The van der Waals surface area contributed by atoms with Crippen LogP contribution in [0, 0.1) is 0 Å². The van der Waals surface area contributed by atoms with Crippen molar-refractivity contribution < 1.29 is 9.90 Å². The fourth-order valence-corrected chi connectivity index (χ4v) is 4.43. The number of carbonyl (C=O) groups is 1. The van der Waals surface area contributed by atoms with Crippen LogP contribution in [0.2, 0.25) is 0 Å². The molecule has 1 aromatic heterocycles. The maximum Gasteiger partial charge on any atom is 0.227 e. The van der Waals surface area contributed by atoms with Gasteiger partial charge in [-0.25, -0.2) is 0 Å². The number of benzene rings is 2. The van der Waals surface area contributed by atoms with Crippen molar-refractivity contribution in [3.8, 4) is 11.1 Å². The second-order valence-corrected chi connectivity index (χ2v) is 8.43. The van der Waals surface area contributed by atoms with Crippen molar-refractivity contribution in [2.75, 3.05) is 32.7 Å². The lowest BCUT2D eigenvalue weighted by Gasteiger charge is -2.35. The largest absolute Gasteiger partial charge is 0.386 e. The molecule has 1 saturated heterocycles. The topological polar surface area (TPSA) is 43.8 Å². The highest BCUT2D eigenvalue weighted by Gasteiger charge is 2.23. The van der Waals surface area contributed by atoms with Crippen LogP contribution in [-0.2, 0) is 11.2 Å². The van der Waals surface area contributed by atoms with Gasteiger partial charge in [0, 0.05) is 37.6 Å². The third-order valence-electron chi connectivity index (χ3n) is 5.44. The third kappa shape index (κ3) is 5.12. The van der Waals surface area contributed by atoms with E-state index in [0.717, 1.165) is 36.6 Å². The zero-order valence-electron chi connectivity index (χ0n) is 16.4. The molecule has 0 spiro atoms. The summed E-state index contributed by atoms with van der Waals surface area (Å²) in [4.78, 5) is 17.9. The van der Waals surface area contributed by atoms with Crippen LogP contribution in [-0.4, -0.2) is 53.5 Å². The van der Waals surface area contributed by atoms with Crippen LogP contribution in [0.25, 0.3) is 11.1 Å². The molecule has 150 valence electrons. The maximum absolute atomic E-state index is 12.7. The lowest BCUT2D eigenvalue weighted by molar-refractivity contribution is -0.132. The number of piperazine rings is 1. The van der Waals surface area contributed by atoms with Crippen LogP contribution in [0.3, 0.4) is 0 Å². The molecular weight excluding hydrogens is 380 g/mol. The summed E-state index contributed by atoms with van der Waals surface area (Å²) in [6.07, 6.45) is -0.00670. The van der Waals surface area contributed by atoms with Gasteiger partial charge in [-0.2, -0.15) is 0 Å². The number of carbonyl (C=O) groups excluding carboxylic acids is 1. The molecule has 2 heterocycles. The Hall–Kier alpha value is -2.47. The minimum Gasteiger partial charge on any atom is -0.386 e. The van der Waals surface area contributed by atoms with E-state index in [1.165, 1.54) is 11.1 Å². The van der Waals surface area contributed by atoms with Crippen LogP contribution < -0.4 is 0 Å². The van der Waals surface area contributed by atoms with E-state index in [0.29, 0.717) is 13.0 Å². The molecule has 1 unspecified atom stereocenters. The first-order valence-electron chi connectivity index (χ1n) is 10.0. The number of amides is 1. The Morgan fingerprint density at radius 2 is 1.59 bits per heavy atom. The lowest BCUT2D eigenvalue weighted by Crippen LogP contribution is -2.49. The Balaban J connectivity index is 1.26. The number of thiophene rings is 1. The molecule has 3 aromatic rings. The molecular formula is C24H26N2O2S. The zero-order valence-corrected chi connectivity index (χ0v) is 17.2. The van der Waals surface area contributed by atoms with Crippen molar-refractivity contribution in [1.29, 1.82) is 0 Å². The van der Waals surface area contributed by atoms with Gasteiger partial charge in [0.1, 0.15) is 6.10 Å². The normalized spacial score (nSPS) is 16.0. The number of aliphatic hydroxyl groups excluding tert-OH is 1. The van der Waals surface area contributed by atoms with Crippen molar-refractivity contribution in [3.63, 3.8) is 0 Å².